The lowest BCUT2D eigenvalue weighted by atomic mass is 10.2. The zero-order valence-electron chi connectivity index (χ0n) is 13.0. The Hall–Kier alpha value is -3.68. The van der Waals surface area contributed by atoms with Gasteiger partial charge < -0.3 is 4.74 Å². The van der Waals surface area contributed by atoms with Gasteiger partial charge in [0.1, 0.15) is 24.3 Å². The van der Waals surface area contributed by atoms with Crippen molar-refractivity contribution < 1.29 is 14.6 Å². The summed E-state index contributed by atoms with van der Waals surface area (Å²) < 4.78 is 5.19. The molecule has 25 heavy (non-hydrogen) atoms. The molecule has 0 aliphatic rings. The molecule has 2 aromatic rings. The fraction of sp³-hybridized carbons (Fsp3) is 0.111. The topological polar surface area (TPSA) is 95.5 Å². The molecule has 7 heteroatoms. The van der Waals surface area contributed by atoms with Crippen LogP contribution in [0, 0.1) is 43.9 Å². The van der Waals surface area contributed by atoms with Crippen molar-refractivity contribution >= 4 is 11.4 Å². The Labute approximate surface area is 143 Å². The van der Waals surface area contributed by atoms with Crippen molar-refractivity contribution in [2.45, 2.75) is 0 Å². The van der Waals surface area contributed by atoms with Crippen LogP contribution in [0.4, 0.5) is 11.4 Å². The van der Waals surface area contributed by atoms with E-state index in [1.54, 1.807) is 36.4 Å². The van der Waals surface area contributed by atoms with Crippen LogP contribution in [0.25, 0.3) is 0 Å². The van der Waals surface area contributed by atoms with Gasteiger partial charge in [-0.15, -0.1) is 0 Å². The molecule has 0 aromatic heterocycles. The molecule has 0 bridgehead atoms. The number of benzene rings is 2. The Bertz CT molecular complexity index is 841. The Kier molecular flexibility index (Phi) is 6.24. The highest BCUT2D eigenvalue weighted by molar-refractivity contribution is 5.51. The van der Waals surface area contributed by atoms with Gasteiger partial charge in [-0.1, -0.05) is 47.9 Å². The predicted molar refractivity (Wildman–Crippen MR) is 90.8 cm³/mol. The summed E-state index contributed by atoms with van der Waals surface area (Å²) in [6.07, 6.45) is 0. The number of rotatable bonds is 4. The lowest BCUT2D eigenvalue weighted by Crippen LogP contribution is -1.94. The first-order valence-electron chi connectivity index (χ1n) is 7.12. The summed E-state index contributed by atoms with van der Waals surface area (Å²) in [7, 11) is 0. The molecular weight excluding hydrogens is 324 g/mol. The zero-order chi connectivity index (χ0) is 18.1. The van der Waals surface area contributed by atoms with E-state index in [9.17, 15) is 20.2 Å². The van der Waals surface area contributed by atoms with E-state index >= 15 is 0 Å². The average molecular weight is 336 g/mol. The van der Waals surface area contributed by atoms with E-state index in [1.807, 2.05) is 0 Å². The molecule has 0 spiro atoms. The van der Waals surface area contributed by atoms with Gasteiger partial charge in [0.25, 0.3) is 11.4 Å². The van der Waals surface area contributed by atoms with Crippen molar-refractivity contribution in [1.82, 2.24) is 0 Å². The number of nitrogens with zero attached hydrogens (tertiary/aromatic N) is 2. The third-order valence-electron chi connectivity index (χ3n) is 3.00. The zero-order valence-corrected chi connectivity index (χ0v) is 13.0. The van der Waals surface area contributed by atoms with Gasteiger partial charge in [0, 0.05) is 12.1 Å². The van der Waals surface area contributed by atoms with Gasteiger partial charge in [-0.05, 0) is 12.1 Å². The van der Waals surface area contributed by atoms with E-state index < -0.39 is 9.85 Å². The highest BCUT2D eigenvalue weighted by Gasteiger charge is 2.10. The van der Waals surface area contributed by atoms with Crippen LogP contribution >= 0.6 is 0 Å². The molecule has 124 valence electrons. The summed E-state index contributed by atoms with van der Waals surface area (Å²) in [6, 6.07) is 12.3. The molecule has 0 aliphatic heterocycles. The van der Waals surface area contributed by atoms with Crippen molar-refractivity contribution in [1.29, 1.82) is 0 Å². The van der Waals surface area contributed by atoms with Crippen LogP contribution < -0.4 is 0 Å². The number of hydrogen-bond acceptors (Lipinski definition) is 5. The van der Waals surface area contributed by atoms with Crippen LogP contribution in [-0.4, -0.2) is 23.1 Å². The van der Waals surface area contributed by atoms with Crippen molar-refractivity contribution in [3.05, 3.63) is 79.9 Å². The first kappa shape index (κ1) is 17.7. The lowest BCUT2D eigenvalue weighted by molar-refractivity contribution is -0.385. The minimum atomic E-state index is -0.497. The summed E-state index contributed by atoms with van der Waals surface area (Å²) in [4.78, 5) is 20.7. The molecular formula is C18H12N2O5. The third kappa shape index (κ3) is 5.17. The number of nitro benzene ring substituents is 2. The smallest absolute Gasteiger partial charge is 0.284 e. The van der Waals surface area contributed by atoms with Crippen molar-refractivity contribution in [3.8, 4) is 23.7 Å². The Morgan fingerprint density at radius 1 is 0.760 bits per heavy atom. The van der Waals surface area contributed by atoms with Crippen LogP contribution in [0.2, 0.25) is 0 Å². The van der Waals surface area contributed by atoms with Gasteiger partial charge in [0.2, 0.25) is 0 Å². The molecule has 2 aromatic carbocycles. The van der Waals surface area contributed by atoms with Gasteiger partial charge in [0.15, 0.2) is 0 Å². The van der Waals surface area contributed by atoms with Crippen LogP contribution in [0.5, 0.6) is 0 Å². The van der Waals surface area contributed by atoms with Gasteiger partial charge >= 0.3 is 0 Å². The highest BCUT2D eigenvalue weighted by atomic mass is 16.6. The van der Waals surface area contributed by atoms with E-state index in [0.29, 0.717) is 11.1 Å². The first-order valence-corrected chi connectivity index (χ1v) is 7.12. The number of hydrogen-bond donors (Lipinski definition) is 0. The second kappa shape index (κ2) is 8.82. The van der Waals surface area contributed by atoms with E-state index in [2.05, 4.69) is 23.7 Å². The molecule has 0 heterocycles. The van der Waals surface area contributed by atoms with E-state index in [1.165, 1.54) is 12.1 Å². The van der Waals surface area contributed by atoms with Crippen LogP contribution in [0.3, 0.4) is 0 Å². The minimum Gasteiger partial charge on any atom is -0.356 e. The Morgan fingerprint density at radius 2 is 1.16 bits per heavy atom. The predicted octanol–water partition coefficient (Wildman–Crippen LogP) is 2.92. The fourth-order valence-corrected chi connectivity index (χ4v) is 1.89. The summed E-state index contributed by atoms with van der Waals surface area (Å²) >= 11 is 0. The third-order valence-corrected chi connectivity index (χ3v) is 3.00. The Balaban J connectivity index is 1.91. The summed E-state index contributed by atoms with van der Waals surface area (Å²) in [5, 5.41) is 21.7. The quantitative estimate of drug-likeness (QED) is 0.370. The maximum atomic E-state index is 10.8. The van der Waals surface area contributed by atoms with Gasteiger partial charge in [0.05, 0.1) is 9.85 Å². The average Bonchev–Trinajstić information content (AvgIpc) is 2.61. The second-order valence-corrected chi connectivity index (χ2v) is 4.64. The molecule has 0 saturated heterocycles. The molecule has 0 atom stereocenters. The molecule has 0 fully saturated rings. The maximum absolute atomic E-state index is 10.8. The summed E-state index contributed by atoms with van der Waals surface area (Å²) in [6.45, 7) is 0.0786. The van der Waals surface area contributed by atoms with Gasteiger partial charge in [-0.3, -0.25) is 20.2 Å². The molecule has 0 amide bonds. The SMILES string of the molecule is O=[N+]([O-])c1ccccc1C#CCOCC#Cc1ccccc1[N+](=O)[O-]. The second-order valence-electron chi connectivity index (χ2n) is 4.64. The van der Waals surface area contributed by atoms with Crippen LogP contribution in [-0.2, 0) is 4.74 Å². The fourth-order valence-electron chi connectivity index (χ4n) is 1.89. The summed E-state index contributed by atoms with van der Waals surface area (Å²) in [5.41, 5.74) is 0.488. The molecule has 0 radical (unpaired) electrons. The van der Waals surface area contributed by atoms with Crippen molar-refractivity contribution in [2.75, 3.05) is 13.2 Å². The van der Waals surface area contributed by atoms with Crippen LogP contribution in [0.1, 0.15) is 11.1 Å². The molecule has 0 aliphatic carbocycles. The van der Waals surface area contributed by atoms with Crippen molar-refractivity contribution in [2.24, 2.45) is 0 Å². The normalized spacial score (nSPS) is 9.28. The number of ether oxygens (including phenoxy) is 1. The Morgan fingerprint density at radius 3 is 1.56 bits per heavy atom. The minimum absolute atomic E-state index is 0.0393. The molecule has 0 unspecified atom stereocenters. The highest BCUT2D eigenvalue weighted by Crippen LogP contribution is 2.16. The van der Waals surface area contributed by atoms with Crippen molar-refractivity contribution in [3.63, 3.8) is 0 Å². The lowest BCUT2D eigenvalue weighted by Gasteiger charge is -1.95. The van der Waals surface area contributed by atoms with E-state index in [4.69, 9.17) is 4.74 Å². The molecule has 0 saturated carbocycles. The molecule has 2 rings (SSSR count). The first-order chi connectivity index (χ1) is 12.1. The molecule has 0 N–H and O–H groups in total. The van der Waals surface area contributed by atoms with Gasteiger partial charge in [-0.2, -0.15) is 0 Å². The van der Waals surface area contributed by atoms with Crippen LogP contribution in [0.15, 0.2) is 48.5 Å². The monoisotopic (exact) mass is 336 g/mol. The van der Waals surface area contributed by atoms with E-state index in [-0.39, 0.29) is 24.6 Å². The number of para-hydroxylation sites is 2. The van der Waals surface area contributed by atoms with E-state index in [0.717, 1.165) is 0 Å². The largest absolute Gasteiger partial charge is 0.356 e. The molecule has 7 nitrogen and oxygen atoms in total. The summed E-state index contributed by atoms with van der Waals surface area (Å²) in [5.74, 6) is 10.7. The standard InChI is InChI=1S/C18H12N2O5/c21-19(22)17-11-3-1-7-15(17)9-5-13-25-14-6-10-16-8-2-4-12-18(16)20(23)24/h1-4,7-8,11-12H,13-14H2. The number of nitro groups is 2. The maximum Gasteiger partial charge on any atom is 0.284 e. The van der Waals surface area contributed by atoms with Gasteiger partial charge in [-0.25, -0.2) is 0 Å².